The Hall–Kier alpha value is -1.07. The van der Waals surface area contributed by atoms with Crippen LogP contribution in [0.2, 0.25) is 0 Å². The van der Waals surface area contributed by atoms with Crippen molar-refractivity contribution in [2.24, 2.45) is 11.8 Å². The molecule has 1 fully saturated rings. The molecule has 0 aliphatic heterocycles. The Bertz CT molecular complexity index is 390. The molecule has 0 saturated heterocycles. The fourth-order valence-electron chi connectivity index (χ4n) is 2.80. The first-order valence-electron chi connectivity index (χ1n) is 6.52. The lowest BCUT2D eigenvalue weighted by atomic mass is 9.81. The van der Waals surface area contributed by atoms with E-state index >= 15 is 0 Å². The molecule has 0 bridgehead atoms. The Morgan fingerprint density at radius 1 is 1.17 bits per heavy atom. The van der Waals surface area contributed by atoms with Gasteiger partial charge in [0.1, 0.15) is 5.75 Å². The van der Waals surface area contributed by atoms with Gasteiger partial charge in [0, 0.05) is 11.7 Å². The number of rotatable bonds is 3. The van der Waals surface area contributed by atoms with Gasteiger partial charge in [-0.2, -0.15) is 0 Å². The maximum absolute atomic E-state index is 9.10. The molecular formula is C13H20BNO3. The molecule has 0 aromatic carbocycles. The zero-order chi connectivity index (χ0) is 13.1. The molecule has 1 aliphatic rings. The minimum Gasteiger partial charge on any atom is -0.489 e. The molecular weight excluding hydrogens is 229 g/mol. The second-order valence-electron chi connectivity index (χ2n) is 5.48. The molecule has 0 radical (unpaired) electrons. The van der Waals surface area contributed by atoms with Crippen LogP contribution in [0.25, 0.3) is 0 Å². The molecule has 0 spiro atoms. The Morgan fingerprint density at radius 2 is 1.83 bits per heavy atom. The monoisotopic (exact) mass is 249 g/mol. The quantitative estimate of drug-likeness (QED) is 0.783. The fraction of sp³-hybridized carbons (Fsp3) is 0.615. The average Bonchev–Trinajstić information content (AvgIpc) is 2.27. The molecule has 4 nitrogen and oxygen atoms in total. The van der Waals surface area contributed by atoms with E-state index in [9.17, 15) is 0 Å². The molecule has 2 rings (SSSR count). The summed E-state index contributed by atoms with van der Waals surface area (Å²) in [5.41, 5.74) is 0.365. The van der Waals surface area contributed by atoms with Crippen molar-refractivity contribution in [1.29, 1.82) is 0 Å². The summed E-state index contributed by atoms with van der Waals surface area (Å²) in [6.45, 7) is 4.50. The third-order valence-electron chi connectivity index (χ3n) is 3.47. The van der Waals surface area contributed by atoms with Crippen LogP contribution >= 0.6 is 0 Å². The molecule has 1 saturated carbocycles. The van der Waals surface area contributed by atoms with Crippen LogP contribution < -0.4 is 10.2 Å². The van der Waals surface area contributed by atoms with Crippen molar-refractivity contribution in [3.05, 3.63) is 18.5 Å². The van der Waals surface area contributed by atoms with E-state index in [0.29, 0.717) is 23.0 Å². The van der Waals surface area contributed by atoms with E-state index in [2.05, 4.69) is 18.8 Å². The van der Waals surface area contributed by atoms with Crippen molar-refractivity contribution in [1.82, 2.24) is 4.98 Å². The van der Waals surface area contributed by atoms with Crippen LogP contribution in [0, 0.1) is 11.8 Å². The first-order chi connectivity index (χ1) is 8.54. The van der Waals surface area contributed by atoms with Crippen molar-refractivity contribution in [3.8, 4) is 5.75 Å². The van der Waals surface area contributed by atoms with Crippen LogP contribution in [0.4, 0.5) is 0 Å². The number of hydrogen-bond donors (Lipinski definition) is 2. The highest BCUT2D eigenvalue weighted by Crippen LogP contribution is 2.30. The Labute approximate surface area is 108 Å². The van der Waals surface area contributed by atoms with Gasteiger partial charge < -0.3 is 14.8 Å². The molecule has 1 aliphatic carbocycles. The van der Waals surface area contributed by atoms with E-state index in [1.807, 2.05) is 0 Å². The number of pyridine rings is 1. The van der Waals surface area contributed by atoms with Crippen LogP contribution in [-0.2, 0) is 0 Å². The number of ether oxygens (including phenoxy) is 1. The molecule has 98 valence electrons. The van der Waals surface area contributed by atoms with E-state index in [4.69, 9.17) is 14.8 Å². The lowest BCUT2D eigenvalue weighted by molar-refractivity contribution is 0.101. The smallest absolute Gasteiger partial charge is 0.489 e. The Balaban J connectivity index is 2.02. The topological polar surface area (TPSA) is 62.6 Å². The molecule has 2 unspecified atom stereocenters. The molecule has 0 amide bonds. The highest BCUT2D eigenvalue weighted by Gasteiger charge is 2.25. The van der Waals surface area contributed by atoms with E-state index in [-0.39, 0.29) is 6.10 Å². The normalized spacial score (nSPS) is 27.9. The molecule has 5 heteroatoms. The maximum atomic E-state index is 9.10. The van der Waals surface area contributed by atoms with Gasteiger partial charge in [0.15, 0.2) is 0 Å². The molecule has 1 aromatic heterocycles. The van der Waals surface area contributed by atoms with Crippen molar-refractivity contribution < 1.29 is 14.8 Å². The molecule has 1 heterocycles. The van der Waals surface area contributed by atoms with Gasteiger partial charge in [-0.3, -0.25) is 4.98 Å². The summed E-state index contributed by atoms with van der Waals surface area (Å²) in [5, 5.41) is 18.2. The predicted octanol–water partition coefficient (Wildman–Crippen LogP) is 0.965. The molecule has 18 heavy (non-hydrogen) atoms. The van der Waals surface area contributed by atoms with Crippen LogP contribution in [0.15, 0.2) is 18.5 Å². The summed E-state index contributed by atoms with van der Waals surface area (Å²) < 4.78 is 5.90. The minimum absolute atomic E-state index is 0.205. The van der Waals surface area contributed by atoms with Gasteiger partial charge in [0.25, 0.3) is 0 Å². The van der Waals surface area contributed by atoms with Crippen LogP contribution in [0.3, 0.4) is 0 Å². The summed E-state index contributed by atoms with van der Waals surface area (Å²) in [7, 11) is -1.50. The van der Waals surface area contributed by atoms with Gasteiger partial charge in [0.05, 0.1) is 12.3 Å². The van der Waals surface area contributed by atoms with Crippen LogP contribution in [-0.4, -0.2) is 28.3 Å². The van der Waals surface area contributed by atoms with E-state index < -0.39 is 7.12 Å². The summed E-state index contributed by atoms with van der Waals surface area (Å²) in [6.07, 6.45) is 6.62. The summed E-state index contributed by atoms with van der Waals surface area (Å²) in [6, 6.07) is 1.64. The zero-order valence-electron chi connectivity index (χ0n) is 10.9. The van der Waals surface area contributed by atoms with Crippen LogP contribution in [0.5, 0.6) is 5.75 Å². The Kier molecular flexibility index (Phi) is 4.25. The SMILES string of the molecule is CC1CC(C)CC(Oc2cncc(B(O)O)c2)C1. The predicted molar refractivity (Wildman–Crippen MR) is 70.7 cm³/mol. The maximum Gasteiger partial charge on any atom is 0.490 e. The van der Waals surface area contributed by atoms with Crippen molar-refractivity contribution in [3.63, 3.8) is 0 Å². The molecule has 2 N–H and O–H groups in total. The molecule has 2 atom stereocenters. The highest BCUT2D eigenvalue weighted by atomic mass is 16.5. The van der Waals surface area contributed by atoms with E-state index in [1.165, 1.54) is 12.6 Å². The van der Waals surface area contributed by atoms with Gasteiger partial charge in [-0.1, -0.05) is 13.8 Å². The minimum atomic E-state index is -1.50. The van der Waals surface area contributed by atoms with Crippen molar-refractivity contribution in [2.45, 2.75) is 39.2 Å². The third-order valence-corrected chi connectivity index (χ3v) is 3.47. The molecule has 1 aromatic rings. The van der Waals surface area contributed by atoms with Gasteiger partial charge in [-0.15, -0.1) is 0 Å². The number of hydrogen-bond acceptors (Lipinski definition) is 4. The van der Waals surface area contributed by atoms with Crippen LogP contribution in [0.1, 0.15) is 33.1 Å². The standard InChI is InChI=1S/C13H20BNO3/c1-9-3-10(2)5-12(4-9)18-13-6-11(14(16)17)7-15-8-13/h6-10,12,16-17H,3-5H2,1-2H3. The van der Waals surface area contributed by atoms with Gasteiger partial charge in [0.2, 0.25) is 0 Å². The van der Waals surface area contributed by atoms with E-state index in [0.717, 1.165) is 12.8 Å². The van der Waals surface area contributed by atoms with Crippen molar-refractivity contribution >= 4 is 12.6 Å². The highest BCUT2D eigenvalue weighted by molar-refractivity contribution is 6.58. The largest absolute Gasteiger partial charge is 0.490 e. The third kappa shape index (κ3) is 3.46. The average molecular weight is 249 g/mol. The first-order valence-corrected chi connectivity index (χ1v) is 6.52. The van der Waals surface area contributed by atoms with E-state index in [1.54, 1.807) is 12.3 Å². The summed E-state index contributed by atoms with van der Waals surface area (Å²) in [4.78, 5) is 3.96. The number of nitrogens with zero attached hydrogens (tertiary/aromatic N) is 1. The first kappa shape index (κ1) is 13.4. The second-order valence-corrected chi connectivity index (χ2v) is 5.48. The van der Waals surface area contributed by atoms with Gasteiger partial charge in [-0.05, 0) is 37.2 Å². The Morgan fingerprint density at radius 3 is 2.44 bits per heavy atom. The lowest BCUT2D eigenvalue weighted by Gasteiger charge is -2.31. The van der Waals surface area contributed by atoms with Crippen molar-refractivity contribution in [2.75, 3.05) is 0 Å². The summed E-state index contributed by atoms with van der Waals surface area (Å²) >= 11 is 0. The number of aromatic nitrogens is 1. The zero-order valence-corrected chi connectivity index (χ0v) is 10.9. The van der Waals surface area contributed by atoms with Gasteiger partial charge >= 0.3 is 7.12 Å². The second kappa shape index (κ2) is 5.72. The lowest BCUT2D eigenvalue weighted by Crippen LogP contribution is -2.31. The fourth-order valence-corrected chi connectivity index (χ4v) is 2.80. The van der Waals surface area contributed by atoms with Gasteiger partial charge in [-0.25, -0.2) is 0 Å². The summed E-state index contributed by atoms with van der Waals surface area (Å²) in [5.74, 6) is 1.98.